The molecule has 0 aliphatic carbocycles. The molecule has 2 atom stereocenters. The molecule has 0 radical (unpaired) electrons. The lowest BCUT2D eigenvalue weighted by molar-refractivity contribution is 0.195. The largest absolute Gasteiger partial charge is 0.396 e. The third kappa shape index (κ3) is 3.51. The SMILES string of the molecule is Cc1cc(C)cc(C(C)NC(=O)N2CCC(CO)C2)c1. The number of benzene rings is 1. The number of hydrogen-bond acceptors (Lipinski definition) is 2. The number of aliphatic hydroxyl groups excluding tert-OH is 1. The van der Waals surface area contributed by atoms with Crippen LogP contribution in [0.1, 0.15) is 36.1 Å². The first kappa shape index (κ1) is 14.9. The van der Waals surface area contributed by atoms with Crippen LogP contribution in [-0.4, -0.2) is 35.7 Å². The van der Waals surface area contributed by atoms with Gasteiger partial charge in [0.25, 0.3) is 0 Å². The maximum atomic E-state index is 12.2. The summed E-state index contributed by atoms with van der Waals surface area (Å²) in [5, 5.41) is 12.2. The molecule has 1 aliphatic heterocycles. The highest BCUT2D eigenvalue weighted by atomic mass is 16.3. The lowest BCUT2D eigenvalue weighted by atomic mass is 10.0. The highest BCUT2D eigenvalue weighted by molar-refractivity contribution is 5.75. The summed E-state index contributed by atoms with van der Waals surface area (Å²) in [7, 11) is 0. The van der Waals surface area contributed by atoms with Crippen LogP contribution >= 0.6 is 0 Å². The van der Waals surface area contributed by atoms with Crippen LogP contribution in [-0.2, 0) is 0 Å². The van der Waals surface area contributed by atoms with Crippen molar-refractivity contribution < 1.29 is 9.90 Å². The number of aliphatic hydroxyl groups is 1. The zero-order valence-corrected chi connectivity index (χ0v) is 12.5. The molecule has 1 heterocycles. The van der Waals surface area contributed by atoms with Gasteiger partial charge in [-0.05, 0) is 32.8 Å². The van der Waals surface area contributed by atoms with Gasteiger partial charge in [0.05, 0.1) is 6.04 Å². The lowest BCUT2D eigenvalue weighted by Crippen LogP contribution is -2.39. The zero-order chi connectivity index (χ0) is 14.7. The molecule has 0 saturated carbocycles. The molecule has 4 nitrogen and oxygen atoms in total. The van der Waals surface area contributed by atoms with E-state index in [1.165, 1.54) is 11.1 Å². The normalized spacial score (nSPS) is 20.0. The summed E-state index contributed by atoms with van der Waals surface area (Å²) < 4.78 is 0. The fourth-order valence-electron chi connectivity index (χ4n) is 2.79. The van der Waals surface area contributed by atoms with Crippen molar-refractivity contribution in [3.8, 4) is 0 Å². The minimum absolute atomic E-state index is 0.00530. The molecule has 4 heteroatoms. The van der Waals surface area contributed by atoms with Crippen LogP contribution in [0.15, 0.2) is 18.2 Å². The Morgan fingerprint density at radius 1 is 1.40 bits per heavy atom. The number of nitrogens with zero attached hydrogens (tertiary/aromatic N) is 1. The Balaban J connectivity index is 1.97. The van der Waals surface area contributed by atoms with Gasteiger partial charge in [-0.1, -0.05) is 29.3 Å². The zero-order valence-electron chi connectivity index (χ0n) is 12.5. The molecule has 1 aromatic carbocycles. The number of carbonyl (C=O) groups excluding carboxylic acids is 1. The number of hydrogen-bond donors (Lipinski definition) is 2. The number of aryl methyl sites for hydroxylation is 2. The van der Waals surface area contributed by atoms with Gasteiger partial charge in [-0.15, -0.1) is 0 Å². The number of carbonyl (C=O) groups is 1. The van der Waals surface area contributed by atoms with Gasteiger partial charge in [0.2, 0.25) is 0 Å². The summed E-state index contributed by atoms with van der Waals surface area (Å²) in [6.45, 7) is 7.69. The molecule has 2 unspecified atom stereocenters. The van der Waals surface area contributed by atoms with E-state index in [1.54, 1.807) is 4.90 Å². The van der Waals surface area contributed by atoms with Gasteiger partial charge < -0.3 is 15.3 Å². The molecule has 2 rings (SSSR count). The van der Waals surface area contributed by atoms with Gasteiger partial charge in [0.15, 0.2) is 0 Å². The summed E-state index contributed by atoms with van der Waals surface area (Å²) in [4.78, 5) is 14.0. The highest BCUT2D eigenvalue weighted by Gasteiger charge is 2.26. The number of nitrogens with one attached hydrogen (secondary N) is 1. The molecule has 1 saturated heterocycles. The fourth-order valence-corrected chi connectivity index (χ4v) is 2.79. The second-order valence-corrected chi connectivity index (χ2v) is 5.88. The number of likely N-dealkylation sites (tertiary alicyclic amines) is 1. The second kappa shape index (κ2) is 6.27. The van der Waals surface area contributed by atoms with E-state index in [0.29, 0.717) is 6.54 Å². The monoisotopic (exact) mass is 276 g/mol. The van der Waals surface area contributed by atoms with Crippen LogP contribution in [0.5, 0.6) is 0 Å². The van der Waals surface area contributed by atoms with Gasteiger partial charge in [0.1, 0.15) is 0 Å². The Kier molecular flexibility index (Phi) is 4.65. The molecular weight excluding hydrogens is 252 g/mol. The van der Waals surface area contributed by atoms with E-state index in [2.05, 4.69) is 37.4 Å². The first-order valence-electron chi connectivity index (χ1n) is 7.24. The van der Waals surface area contributed by atoms with Crippen LogP contribution in [0, 0.1) is 19.8 Å². The molecule has 2 amide bonds. The van der Waals surface area contributed by atoms with Crippen molar-refractivity contribution in [2.75, 3.05) is 19.7 Å². The van der Waals surface area contributed by atoms with Gasteiger partial charge in [-0.25, -0.2) is 4.79 Å². The number of amides is 2. The van der Waals surface area contributed by atoms with E-state index >= 15 is 0 Å². The maximum Gasteiger partial charge on any atom is 0.317 e. The molecule has 0 spiro atoms. The minimum Gasteiger partial charge on any atom is -0.396 e. The van der Waals surface area contributed by atoms with Crippen LogP contribution in [0.4, 0.5) is 4.79 Å². The number of urea groups is 1. The summed E-state index contributed by atoms with van der Waals surface area (Å²) in [6, 6.07) is 6.31. The lowest BCUT2D eigenvalue weighted by Gasteiger charge is -2.21. The van der Waals surface area contributed by atoms with Crippen molar-refractivity contribution in [2.45, 2.75) is 33.2 Å². The van der Waals surface area contributed by atoms with Crippen molar-refractivity contribution in [2.24, 2.45) is 5.92 Å². The van der Waals surface area contributed by atoms with Gasteiger partial charge in [-0.2, -0.15) is 0 Å². The molecule has 2 N–H and O–H groups in total. The third-order valence-electron chi connectivity index (χ3n) is 3.92. The van der Waals surface area contributed by atoms with Crippen LogP contribution in [0.25, 0.3) is 0 Å². The maximum absolute atomic E-state index is 12.2. The predicted octanol–water partition coefficient (Wildman–Crippen LogP) is 2.39. The highest BCUT2D eigenvalue weighted by Crippen LogP contribution is 2.19. The van der Waals surface area contributed by atoms with Crippen molar-refractivity contribution in [1.29, 1.82) is 0 Å². The Morgan fingerprint density at radius 2 is 2.05 bits per heavy atom. The Hall–Kier alpha value is -1.55. The smallest absolute Gasteiger partial charge is 0.317 e. The molecule has 20 heavy (non-hydrogen) atoms. The Labute approximate surface area is 120 Å². The van der Waals surface area contributed by atoms with Crippen LogP contribution in [0.2, 0.25) is 0 Å². The minimum atomic E-state index is -0.0346. The standard InChI is InChI=1S/C16H24N2O2/c1-11-6-12(2)8-15(7-11)13(3)17-16(20)18-5-4-14(9-18)10-19/h6-8,13-14,19H,4-5,9-10H2,1-3H3,(H,17,20). The molecule has 0 bridgehead atoms. The summed E-state index contributed by atoms with van der Waals surface area (Å²) in [5.74, 6) is 0.234. The van der Waals surface area contributed by atoms with Crippen LogP contribution < -0.4 is 5.32 Å². The van der Waals surface area contributed by atoms with Crippen molar-refractivity contribution in [3.63, 3.8) is 0 Å². The average Bonchev–Trinajstić information content (AvgIpc) is 2.86. The van der Waals surface area contributed by atoms with E-state index in [0.717, 1.165) is 18.5 Å². The summed E-state index contributed by atoms with van der Waals surface area (Å²) >= 11 is 0. The first-order chi connectivity index (χ1) is 9.49. The molecule has 110 valence electrons. The van der Waals surface area contributed by atoms with Gasteiger partial charge in [-0.3, -0.25) is 0 Å². The Morgan fingerprint density at radius 3 is 2.60 bits per heavy atom. The van der Waals surface area contributed by atoms with Gasteiger partial charge >= 0.3 is 6.03 Å². The topological polar surface area (TPSA) is 52.6 Å². The van der Waals surface area contributed by atoms with Crippen molar-refractivity contribution in [1.82, 2.24) is 10.2 Å². The predicted molar refractivity (Wildman–Crippen MR) is 79.6 cm³/mol. The Bertz CT molecular complexity index is 467. The quantitative estimate of drug-likeness (QED) is 0.890. The molecule has 1 aliphatic rings. The van der Waals surface area contributed by atoms with E-state index in [-0.39, 0.29) is 24.6 Å². The number of rotatable bonds is 3. The van der Waals surface area contributed by atoms with Gasteiger partial charge in [0, 0.05) is 25.6 Å². The molecular formula is C16H24N2O2. The third-order valence-corrected chi connectivity index (χ3v) is 3.92. The summed E-state index contributed by atoms with van der Waals surface area (Å²) in [6.07, 6.45) is 0.891. The van der Waals surface area contributed by atoms with E-state index in [4.69, 9.17) is 5.11 Å². The van der Waals surface area contributed by atoms with E-state index in [1.807, 2.05) is 6.92 Å². The van der Waals surface area contributed by atoms with Crippen molar-refractivity contribution in [3.05, 3.63) is 34.9 Å². The molecule has 1 aromatic rings. The van der Waals surface area contributed by atoms with E-state index < -0.39 is 0 Å². The average molecular weight is 276 g/mol. The van der Waals surface area contributed by atoms with Crippen LogP contribution in [0.3, 0.4) is 0 Å². The van der Waals surface area contributed by atoms with Crippen molar-refractivity contribution >= 4 is 6.03 Å². The van der Waals surface area contributed by atoms with E-state index in [9.17, 15) is 4.79 Å². The first-order valence-corrected chi connectivity index (χ1v) is 7.24. The summed E-state index contributed by atoms with van der Waals surface area (Å²) in [5.41, 5.74) is 3.55. The fraction of sp³-hybridized carbons (Fsp3) is 0.562. The molecule has 1 fully saturated rings. The second-order valence-electron chi connectivity index (χ2n) is 5.88. The molecule has 0 aromatic heterocycles.